The van der Waals surface area contributed by atoms with Gasteiger partial charge in [0.1, 0.15) is 0 Å². The molecule has 6 heteroatoms. The number of hydrogen-bond acceptors (Lipinski definition) is 4. The number of aromatic nitrogens is 2. The Kier molecular flexibility index (Phi) is 4.74. The smallest absolute Gasteiger partial charge is 0.179 e. The zero-order valence-corrected chi connectivity index (χ0v) is 12.6. The van der Waals surface area contributed by atoms with E-state index in [1.165, 1.54) is 0 Å². The van der Waals surface area contributed by atoms with Crippen molar-refractivity contribution in [3.05, 3.63) is 35.1 Å². The predicted molar refractivity (Wildman–Crippen MR) is 79.8 cm³/mol. The van der Waals surface area contributed by atoms with Gasteiger partial charge in [-0.3, -0.25) is 4.68 Å². The van der Waals surface area contributed by atoms with Crippen LogP contribution in [-0.4, -0.2) is 24.0 Å². The minimum absolute atomic E-state index is 0.553. The van der Waals surface area contributed by atoms with Crippen molar-refractivity contribution in [2.45, 2.75) is 20.0 Å². The molecule has 1 aromatic heterocycles. The highest BCUT2D eigenvalue weighted by molar-refractivity contribution is 6.33. The first-order valence-corrected chi connectivity index (χ1v) is 6.73. The summed E-state index contributed by atoms with van der Waals surface area (Å²) >= 11 is 6.33. The molecule has 1 N–H and O–H groups in total. The predicted octanol–water partition coefficient (Wildman–Crippen LogP) is 3.19. The first-order valence-electron chi connectivity index (χ1n) is 6.35. The molecule has 0 saturated heterocycles. The molecule has 0 radical (unpaired) electrons. The van der Waals surface area contributed by atoms with Crippen LogP contribution in [0.25, 0.3) is 0 Å². The summed E-state index contributed by atoms with van der Waals surface area (Å²) < 4.78 is 12.3. The van der Waals surface area contributed by atoms with Crippen molar-refractivity contribution in [2.75, 3.05) is 19.5 Å². The summed E-state index contributed by atoms with van der Waals surface area (Å²) in [7, 11) is 3.16. The lowest BCUT2D eigenvalue weighted by Crippen LogP contribution is -2.01. The summed E-state index contributed by atoms with van der Waals surface area (Å²) in [5, 5.41) is 8.05. The molecule has 1 heterocycles. The Morgan fingerprint density at radius 2 is 2.10 bits per heavy atom. The minimum Gasteiger partial charge on any atom is -0.493 e. The van der Waals surface area contributed by atoms with Crippen LogP contribution >= 0.6 is 11.6 Å². The van der Waals surface area contributed by atoms with Crippen LogP contribution in [0.15, 0.2) is 24.5 Å². The van der Waals surface area contributed by atoms with Crippen LogP contribution in [0.1, 0.15) is 12.5 Å². The third kappa shape index (κ3) is 2.99. The van der Waals surface area contributed by atoms with Gasteiger partial charge in [-0.25, -0.2) is 0 Å². The van der Waals surface area contributed by atoms with Gasteiger partial charge in [0.25, 0.3) is 0 Å². The zero-order chi connectivity index (χ0) is 14.5. The minimum atomic E-state index is 0.553. The second-order valence-corrected chi connectivity index (χ2v) is 4.59. The lowest BCUT2D eigenvalue weighted by Gasteiger charge is -2.13. The van der Waals surface area contributed by atoms with Crippen molar-refractivity contribution in [3.8, 4) is 11.5 Å². The molecule has 0 aliphatic heterocycles. The third-order valence-corrected chi connectivity index (χ3v) is 3.42. The van der Waals surface area contributed by atoms with Gasteiger partial charge in [0.15, 0.2) is 11.5 Å². The summed E-state index contributed by atoms with van der Waals surface area (Å²) in [4.78, 5) is 0. The average molecular weight is 296 g/mol. The van der Waals surface area contributed by atoms with Crippen molar-refractivity contribution < 1.29 is 9.47 Å². The molecule has 0 bridgehead atoms. The standard InChI is InChI=1S/C14H18ClN3O2/c1-4-18-9-11(8-17-18)16-7-10-5-6-12(19-2)14(20-3)13(10)15/h5-6,8-9,16H,4,7H2,1-3H3. The summed E-state index contributed by atoms with van der Waals surface area (Å²) in [6, 6.07) is 3.76. The van der Waals surface area contributed by atoms with Gasteiger partial charge in [0.05, 0.1) is 31.1 Å². The molecule has 0 unspecified atom stereocenters. The van der Waals surface area contributed by atoms with E-state index in [-0.39, 0.29) is 0 Å². The number of rotatable bonds is 6. The van der Waals surface area contributed by atoms with E-state index in [9.17, 15) is 0 Å². The van der Waals surface area contributed by atoms with Gasteiger partial charge in [-0.15, -0.1) is 0 Å². The van der Waals surface area contributed by atoms with E-state index in [0.29, 0.717) is 23.1 Å². The monoisotopic (exact) mass is 295 g/mol. The van der Waals surface area contributed by atoms with Crippen molar-refractivity contribution in [1.82, 2.24) is 9.78 Å². The Morgan fingerprint density at radius 1 is 1.30 bits per heavy atom. The molecule has 0 saturated carbocycles. The summed E-state index contributed by atoms with van der Waals surface area (Å²) in [5.74, 6) is 1.18. The maximum atomic E-state index is 6.33. The van der Waals surface area contributed by atoms with Crippen molar-refractivity contribution in [3.63, 3.8) is 0 Å². The van der Waals surface area contributed by atoms with E-state index in [1.807, 2.05) is 29.9 Å². The fourth-order valence-corrected chi connectivity index (χ4v) is 2.19. The fraction of sp³-hybridized carbons (Fsp3) is 0.357. The van der Waals surface area contributed by atoms with Crippen LogP contribution < -0.4 is 14.8 Å². The van der Waals surface area contributed by atoms with E-state index in [0.717, 1.165) is 17.8 Å². The number of halogens is 1. The van der Waals surface area contributed by atoms with E-state index >= 15 is 0 Å². The molecule has 20 heavy (non-hydrogen) atoms. The first-order chi connectivity index (χ1) is 9.69. The van der Waals surface area contributed by atoms with Gasteiger partial charge in [0, 0.05) is 19.3 Å². The van der Waals surface area contributed by atoms with Crippen molar-refractivity contribution in [2.24, 2.45) is 0 Å². The number of aryl methyl sites for hydroxylation is 1. The Labute approximate surface area is 123 Å². The number of nitrogens with zero attached hydrogens (tertiary/aromatic N) is 2. The fourth-order valence-electron chi connectivity index (χ4n) is 1.89. The van der Waals surface area contributed by atoms with Gasteiger partial charge in [-0.05, 0) is 18.6 Å². The summed E-state index contributed by atoms with van der Waals surface area (Å²) in [5.41, 5.74) is 1.89. The Morgan fingerprint density at radius 3 is 2.70 bits per heavy atom. The Balaban J connectivity index is 2.13. The van der Waals surface area contributed by atoms with E-state index in [2.05, 4.69) is 10.4 Å². The van der Waals surface area contributed by atoms with E-state index < -0.39 is 0 Å². The summed E-state index contributed by atoms with van der Waals surface area (Å²) in [6.07, 6.45) is 3.74. The molecule has 0 aliphatic carbocycles. The quantitative estimate of drug-likeness (QED) is 0.889. The highest BCUT2D eigenvalue weighted by Crippen LogP contribution is 2.37. The number of anilines is 1. The molecule has 108 valence electrons. The molecular weight excluding hydrogens is 278 g/mol. The number of benzene rings is 1. The highest BCUT2D eigenvalue weighted by Gasteiger charge is 2.12. The zero-order valence-electron chi connectivity index (χ0n) is 11.8. The van der Waals surface area contributed by atoms with Crippen LogP contribution in [-0.2, 0) is 13.1 Å². The Bertz CT molecular complexity index is 584. The molecule has 0 atom stereocenters. The Hall–Kier alpha value is -1.88. The molecule has 2 rings (SSSR count). The number of hydrogen-bond donors (Lipinski definition) is 1. The normalized spacial score (nSPS) is 10.4. The van der Waals surface area contributed by atoms with Crippen LogP contribution in [0.3, 0.4) is 0 Å². The maximum absolute atomic E-state index is 6.33. The van der Waals surface area contributed by atoms with Gasteiger partial charge < -0.3 is 14.8 Å². The van der Waals surface area contributed by atoms with Crippen molar-refractivity contribution in [1.29, 1.82) is 0 Å². The molecule has 5 nitrogen and oxygen atoms in total. The molecule has 0 spiro atoms. The molecule has 0 fully saturated rings. The van der Waals surface area contributed by atoms with Gasteiger partial charge in [0.2, 0.25) is 0 Å². The lowest BCUT2D eigenvalue weighted by atomic mass is 10.2. The summed E-state index contributed by atoms with van der Waals surface area (Å²) in [6.45, 7) is 3.48. The van der Waals surface area contributed by atoms with E-state index in [1.54, 1.807) is 20.4 Å². The molecular formula is C14H18ClN3O2. The van der Waals surface area contributed by atoms with Gasteiger partial charge in [-0.1, -0.05) is 17.7 Å². The van der Waals surface area contributed by atoms with E-state index in [4.69, 9.17) is 21.1 Å². The number of nitrogens with one attached hydrogen (secondary N) is 1. The molecule has 2 aromatic rings. The van der Waals surface area contributed by atoms with Crippen LogP contribution in [0.5, 0.6) is 11.5 Å². The largest absolute Gasteiger partial charge is 0.493 e. The first kappa shape index (κ1) is 14.5. The highest BCUT2D eigenvalue weighted by atomic mass is 35.5. The molecule has 0 amide bonds. The van der Waals surface area contributed by atoms with Gasteiger partial charge >= 0.3 is 0 Å². The maximum Gasteiger partial charge on any atom is 0.179 e. The molecule has 1 aromatic carbocycles. The number of ether oxygens (including phenoxy) is 2. The third-order valence-electron chi connectivity index (χ3n) is 3.01. The average Bonchev–Trinajstić information content (AvgIpc) is 2.93. The SMILES string of the molecule is CCn1cc(NCc2ccc(OC)c(OC)c2Cl)cn1. The van der Waals surface area contributed by atoms with Crippen molar-refractivity contribution >= 4 is 17.3 Å². The van der Waals surface area contributed by atoms with Gasteiger partial charge in [-0.2, -0.15) is 5.10 Å². The van der Waals surface area contributed by atoms with Crippen LogP contribution in [0.4, 0.5) is 5.69 Å². The molecule has 0 aliphatic rings. The topological polar surface area (TPSA) is 48.3 Å². The second kappa shape index (κ2) is 6.52. The lowest BCUT2D eigenvalue weighted by molar-refractivity contribution is 0.355. The van der Waals surface area contributed by atoms with Crippen LogP contribution in [0, 0.1) is 0 Å². The number of methoxy groups -OCH3 is 2. The second-order valence-electron chi connectivity index (χ2n) is 4.21. The van der Waals surface area contributed by atoms with Crippen LogP contribution in [0.2, 0.25) is 5.02 Å².